The molecule has 1 saturated carbocycles. The van der Waals surface area contributed by atoms with Crippen molar-refractivity contribution < 1.29 is 18.7 Å². The number of benzene rings is 1. The molecule has 2 fully saturated rings. The Balaban J connectivity index is 1.56. The van der Waals surface area contributed by atoms with E-state index in [1.165, 1.54) is 10.8 Å². The molecular weight excluding hydrogens is 520 g/mol. The number of aromatic amines is 1. The first-order valence-corrected chi connectivity index (χ1v) is 12.9. The molecule has 0 radical (unpaired) electrons. The molecule has 5 N–H and O–H groups in total. The summed E-state index contributed by atoms with van der Waals surface area (Å²) in [7, 11) is 3.24. The van der Waals surface area contributed by atoms with E-state index in [4.69, 9.17) is 5.73 Å². The number of rotatable bonds is 4. The summed E-state index contributed by atoms with van der Waals surface area (Å²) in [5, 5.41) is 13.1. The molecule has 1 aliphatic carbocycles. The van der Waals surface area contributed by atoms with Gasteiger partial charge in [-0.1, -0.05) is 0 Å². The second kappa shape index (κ2) is 8.21. The summed E-state index contributed by atoms with van der Waals surface area (Å²) < 4.78 is 31.8. The van der Waals surface area contributed by atoms with Crippen molar-refractivity contribution in [2.24, 2.45) is 18.2 Å². The minimum atomic E-state index is -1.34. The molecule has 0 bridgehead atoms. The highest BCUT2D eigenvalue weighted by Gasteiger charge is 2.56. The molecule has 4 aromatic heterocycles. The van der Waals surface area contributed by atoms with Gasteiger partial charge in [0.25, 0.3) is 0 Å². The summed E-state index contributed by atoms with van der Waals surface area (Å²) in [5.74, 6) is -3.32. The summed E-state index contributed by atoms with van der Waals surface area (Å²) >= 11 is 0. The number of hydrogen-bond acceptors (Lipinski definition) is 7. The van der Waals surface area contributed by atoms with Gasteiger partial charge in [-0.2, -0.15) is 0 Å². The number of pyridine rings is 3. The summed E-state index contributed by atoms with van der Waals surface area (Å²) in [5.41, 5.74) is 8.39. The highest BCUT2D eigenvalue weighted by atomic mass is 19.2. The van der Waals surface area contributed by atoms with E-state index in [2.05, 4.69) is 25.2 Å². The Morgan fingerprint density at radius 1 is 1.25 bits per heavy atom. The highest BCUT2D eigenvalue weighted by molar-refractivity contribution is 6.18. The lowest BCUT2D eigenvalue weighted by molar-refractivity contribution is 0.0695. The molecule has 1 aromatic carbocycles. The second-order valence-corrected chi connectivity index (χ2v) is 10.8. The molecule has 40 heavy (non-hydrogen) atoms. The first kappa shape index (κ1) is 24.5. The number of carbonyl (C=O) groups is 1. The third kappa shape index (κ3) is 3.28. The Bertz CT molecular complexity index is 1990. The average Bonchev–Trinajstić information content (AvgIpc) is 3.25. The predicted molar refractivity (Wildman–Crippen MR) is 148 cm³/mol. The van der Waals surface area contributed by atoms with Crippen LogP contribution in [0, 0.1) is 17.0 Å². The van der Waals surface area contributed by atoms with Crippen LogP contribution < -0.4 is 21.4 Å². The number of aromatic nitrogens is 4. The second-order valence-electron chi connectivity index (χ2n) is 10.8. The van der Waals surface area contributed by atoms with Gasteiger partial charge in [-0.15, -0.1) is 0 Å². The molecule has 204 valence electrons. The van der Waals surface area contributed by atoms with Crippen molar-refractivity contribution in [2.45, 2.75) is 18.9 Å². The van der Waals surface area contributed by atoms with E-state index >= 15 is 4.39 Å². The van der Waals surface area contributed by atoms with Gasteiger partial charge in [-0.25, -0.2) is 23.5 Å². The maximum Gasteiger partial charge on any atom is 0.341 e. The van der Waals surface area contributed by atoms with Gasteiger partial charge >= 0.3 is 5.97 Å². The number of aromatic carboxylic acids is 1. The molecule has 7 rings (SSSR count). The number of nitrogens with zero attached hydrogens (tertiary/aromatic N) is 4. The molecule has 5 heterocycles. The molecule has 1 spiro atoms. The van der Waals surface area contributed by atoms with Gasteiger partial charge in [0.15, 0.2) is 11.6 Å². The van der Waals surface area contributed by atoms with E-state index in [1.54, 1.807) is 32.6 Å². The normalized spacial score (nSPS) is 20.3. The minimum Gasteiger partial charge on any atom is -0.477 e. The van der Waals surface area contributed by atoms with Crippen molar-refractivity contribution in [3.05, 3.63) is 58.1 Å². The first-order chi connectivity index (χ1) is 19.1. The number of anilines is 2. The zero-order valence-corrected chi connectivity index (χ0v) is 21.7. The van der Waals surface area contributed by atoms with Crippen LogP contribution >= 0.6 is 0 Å². The molecule has 2 atom stereocenters. The van der Waals surface area contributed by atoms with Crippen molar-refractivity contribution in [3.8, 4) is 11.1 Å². The number of aryl methyl sites for hydroxylation is 1. The Morgan fingerprint density at radius 3 is 2.70 bits per heavy atom. The van der Waals surface area contributed by atoms with E-state index < -0.39 is 23.0 Å². The largest absolute Gasteiger partial charge is 0.477 e. The van der Waals surface area contributed by atoms with Crippen LogP contribution in [0.3, 0.4) is 0 Å². The molecule has 2 aliphatic rings. The quantitative estimate of drug-likeness (QED) is 0.269. The van der Waals surface area contributed by atoms with Crippen LogP contribution in [-0.4, -0.2) is 56.8 Å². The lowest BCUT2D eigenvalue weighted by atomic mass is 10.0. The van der Waals surface area contributed by atoms with Crippen LogP contribution in [0.4, 0.5) is 20.2 Å². The fourth-order valence-electron chi connectivity index (χ4n) is 6.28. The number of carboxylic acid groups (broad SMARTS) is 1. The van der Waals surface area contributed by atoms with Crippen molar-refractivity contribution in [1.29, 1.82) is 0 Å². The molecule has 10 nitrogen and oxygen atoms in total. The van der Waals surface area contributed by atoms with E-state index in [9.17, 15) is 19.1 Å². The molecule has 0 amide bonds. The summed E-state index contributed by atoms with van der Waals surface area (Å²) in [4.78, 5) is 39.1. The smallest absolute Gasteiger partial charge is 0.341 e. The number of hydrogen-bond donors (Lipinski definition) is 4. The molecular formula is C28H25F2N7O3. The van der Waals surface area contributed by atoms with Crippen LogP contribution in [0.2, 0.25) is 0 Å². The Kier molecular flexibility index (Phi) is 5.02. The zero-order chi connectivity index (χ0) is 28.1. The molecule has 0 unspecified atom stereocenters. The van der Waals surface area contributed by atoms with Gasteiger partial charge in [0, 0.05) is 74.4 Å². The van der Waals surface area contributed by atoms with Crippen molar-refractivity contribution in [2.75, 3.05) is 30.4 Å². The van der Waals surface area contributed by atoms with Gasteiger partial charge in [0.2, 0.25) is 5.43 Å². The van der Waals surface area contributed by atoms with Crippen molar-refractivity contribution in [1.82, 2.24) is 19.5 Å². The number of nitrogens with two attached hydrogens (primary N) is 1. The van der Waals surface area contributed by atoms with Crippen LogP contribution in [0.5, 0.6) is 0 Å². The maximum absolute atomic E-state index is 15.5. The first-order valence-electron chi connectivity index (χ1n) is 12.9. The molecule has 1 saturated heterocycles. The van der Waals surface area contributed by atoms with Crippen molar-refractivity contribution in [3.63, 3.8) is 0 Å². The summed E-state index contributed by atoms with van der Waals surface area (Å²) in [6.07, 6.45) is 6.18. The highest BCUT2D eigenvalue weighted by Crippen LogP contribution is 2.54. The molecule has 5 aromatic rings. The number of fused-ring (bicyclic) bond motifs is 4. The number of carboxylic acids is 1. The third-order valence-electron chi connectivity index (χ3n) is 8.54. The number of nitrogens with one attached hydrogen (secondary N) is 2. The van der Waals surface area contributed by atoms with Gasteiger partial charge in [0.1, 0.15) is 16.9 Å². The SMILES string of the molecule is CNc1cc(F)c(F)c2c1[nH]c1ncc(-c3cnc4c(c3)c(=O)c(C(=O)O)cn4C)c(N3CC[C@]4(C[C@H]4N)C3)c12. The Morgan fingerprint density at radius 2 is 2.02 bits per heavy atom. The number of H-pyrrole nitrogens is 1. The minimum absolute atomic E-state index is 0.0349. The van der Waals surface area contributed by atoms with Gasteiger partial charge < -0.3 is 30.6 Å². The van der Waals surface area contributed by atoms with E-state index in [0.717, 1.165) is 18.9 Å². The third-order valence-corrected chi connectivity index (χ3v) is 8.54. The van der Waals surface area contributed by atoms with Crippen LogP contribution in [0.25, 0.3) is 44.1 Å². The van der Waals surface area contributed by atoms with E-state index in [1.807, 2.05) is 0 Å². The Labute approximate surface area is 225 Å². The molecule has 1 aliphatic heterocycles. The van der Waals surface area contributed by atoms with Gasteiger partial charge in [-0.3, -0.25) is 4.79 Å². The fourth-order valence-corrected chi connectivity index (χ4v) is 6.28. The standard InChI is InChI=1S/C28H25F2N7O3/c1-32-17-6-16(29)21(30)19-20-23(37-4-3-28(11-37)7-18(28)31)14(9-33-25(20)35-22(17)19)12-5-13-24(38)15(27(39)40)10-36(2)26(13)34-8-12/h5-6,8-10,18,32H,3-4,7,11,31H2,1-2H3,(H,33,35)(H,39,40)/t18-,28+/m1/s1. The van der Waals surface area contributed by atoms with Crippen LogP contribution in [0.1, 0.15) is 23.2 Å². The zero-order valence-electron chi connectivity index (χ0n) is 21.7. The van der Waals surface area contributed by atoms with Crippen LogP contribution in [0.15, 0.2) is 35.5 Å². The monoisotopic (exact) mass is 545 g/mol. The van der Waals surface area contributed by atoms with Crippen molar-refractivity contribution >= 4 is 50.3 Å². The average molecular weight is 546 g/mol. The number of halogens is 2. The lowest BCUT2D eigenvalue weighted by Gasteiger charge is -2.24. The summed E-state index contributed by atoms with van der Waals surface area (Å²) in [6, 6.07) is 2.76. The van der Waals surface area contributed by atoms with E-state index in [0.29, 0.717) is 57.8 Å². The maximum atomic E-state index is 15.5. The van der Waals surface area contributed by atoms with Gasteiger partial charge in [-0.05, 0) is 18.9 Å². The lowest BCUT2D eigenvalue weighted by Crippen LogP contribution is -2.24. The van der Waals surface area contributed by atoms with Crippen LogP contribution in [-0.2, 0) is 7.05 Å². The van der Waals surface area contributed by atoms with E-state index in [-0.39, 0.29) is 27.8 Å². The topological polar surface area (TPSA) is 142 Å². The summed E-state index contributed by atoms with van der Waals surface area (Å²) in [6.45, 7) is 1.28. The Hall–Kier alpha value is -4.58. The molecule has 12 heteroatoms. The fraction of sp³-hybridized carbons (Fsp3) is 0.286. The van der Waals surface area contributed by atoms with Gasteiger partial charge in [0.05, 0.1) is 33.1 Å². The predicted octanol–water partition coefficient (Wildman–Crippen LogP) is 3.58.